The summed E-state index contributed by atoms with van der Waals surface area (Å²) in [5, 5.41) is 12.5. The predicted molar refractivity (Wildman–Crippen MR) is 140 cm³/mol. The molecule has 38 heavy (non-hydrogen) atoms. The molecule has 3 amide bonds. The van der Waals surface area contributed by atoms with Gasteiger partial charge in [0.2, 0.25) is 5.91 Å². The number of nitrogens with one attached hydrogen (secondary N) is 1. The Bertz CT molecular complexity index is 1220. The Morgan fingerprint density at radius 3 is 2.34 bits per heavy atom. The van der Waals surface area contributed by atoms with Gasteiger partial charge in [0, 0.05) is 17.2 Å². The Balaban J connectivity index is 1.41. The van der Waals surface area contributed by atoms with Gasteiger partial charge in [0.1, 0.15) is 12.6 Å². The summed E-state index contributed by atoms with van der Waals surface area (Å²) in [5.74, 6) is -2.46. The summed E-state index contributed by atoms with van der Waals surface area (Å²) in [4.78, 5) is 66.1. The maximum absolute atomic E-state index is 13.4. The minimum atomic E-state index is -1.14. The van der Waals surface area contributed by atoms with E-state index in [1.807, 2.05) is 12.1 Å². The van der Waals surface area contributed by atoms with E-state index in [0.29, 0.717) is 41.8 Å². The number of hydrogen-bond donors (Lipinski definition) is 2. The van der Waals surface area contributed by atoms with E-state index >= 15 is 0 Å². The van der Waals surface area contributed by atoms with Crippen LogP contribution in [0.3, 0.4) is 0 Å². The summed E-state index contributed by atoms with van der Waals surface area (Å²) >= 11 is 1.41. The number of thioether (sulfide) groups is 1. The van der Waals surface area contributed by atoms with E-state index in [9.17, 15) is 29.1 Å². The number of esters is 1. The van der Waals surface area contributed by atoms with Gasteiger partial charge < -0.3 is 9.84 Å². The van der Waals surface area contributed by atoms with E-state index < -0.39 is 36.5 Å². The van der Waals surface area contributed by atoms with Gasteiger partial charge in [-0.15, -0.1) is 11.8 Å². The highest BCUT2D eigenvalue weighted by Crippen LogP contribution is 2.34. The van der Waals surface area contributed by atoms with Crippen molar-refractivity contribution in [1.29, 1.82) is 0 Å². The molecule has 200 valence electrons. The average Bonchev–Trinajstić information content (AvgIpc) is 3.07. The van der Waals surface area contributed by atoms with Crippen LogP contribution in [-0.4, -0.2) is 77.2 Å². The molecule has 0 saturated carbocycles. The number of para-hydroxylation sites is 1. The van der Waals surface area contributed by atoms with Crippen molar-refractivity contribution in [2.45, 2.75) is 43.2 Å². The molecule has 0 aliphatic carbocycles. The van der Waals surface area contributed by atoms with Crippen molar-refractivity contribution in [1.82, 2.24) is 10.2 Å². The third kappa shape index (κ3) is 5.89. The molecular weight excluding hydrogens is 510 g/mol. The van der Waals surface area contributed by atoms with Crippen LogP contribution in [-0.2, 0) is 19.1 Å². The van der Waals surface area contributed by atoms with Gasteiger partial charge in [0.25, 0.3) is 11.8 Å². The Kier molecular flexibility index (Phi) is 8.80. The zero-order valence-electron chi connectivity index (χ0n) is 20.9. The van der Waals surface area contributed by atoms with Gasteiger partial charge in [0.05, 0.1) is 29.5 Å². The third-order valence-corrected chi connectivity index (χ3v) is 7.55. The molecule has 0 saturated heterocycles. The number of unbranched alkanes of at least 4 members (excludes halogenated alkanes) is 1. The SMILES string of the molecule is CCOC(=O)[C@@H](CCCCN1C(=O)c2ccccc2C1=O)NC1CSc2ccccc2N(CC(=O)O)C1=O. The Morgan fingerprint density at radius 1 is 1.03 bits per heavy atom. The van der Waals surface area contributed by atoms with Crippen LogP contribution < -0.4 is 10.2 Å². The predicted octanol–water partition coefficient (Wildman–Crippen LogP) is 2.57. The lowest BCUT2D eigenvalue weighted by Gasteiger charge is -2.27. The number of hydrogen-bond acceptors (Lipinski definition) is 8. The average molecular weight is 540 g/mol. The van der Waals surface area contributed by atoms with Crippen LogP contribution in [0.2, 0.25) is 0 Å². The van der Waals surface area contributed by atoms with Gasteiger partial charge in [-0.05, 0) is 50.5 Å². The topological polar surface area (TPSA) is 133 Å². The molecule has 2 aliphatic heterocycles. The highest BCUT2D eigenvalue weighted by molar-refractivity contribution is 7.99. The molecule has 11 heteroatoms. The van der Waals surface area contributed by atoms with E-state index in [1.165, 1.54) is 21.6 Å². The van der Waals surface area contributed by atoms with Gasteiger partial charge in [-0.25, -0.2) is 0 Å². The van der Waals surface area contributed by atoms with Crippen molar-refractivity contribution in [3.8, 4) is 0 Å². The molecule has 10 nitrogen and oxygen atoms in total. The monoisotopic (exact) mass is 539 g/mol. The van der Waals surface area contributed by atoms with Crippen molar-refractivity contribution >= 4 is 47.1 Å². The third-order valence-electron chi connectivity index (χ3n) is 6.40. The van der Waals surface area contributed by atoms with Gasteiger partial charge in [-0.3, -0.25) is 39.1 Å². The first-order valence-corrected chi connectivity index (χ1v) is 13.4. The Labute approximate surface area is 224 Å². The number of carbonyl (C=O) groups excluding carboxylic acids is 4. The summed E-state index contributed by atoms with van der Waals surface area (Å²) < 4.78 is 5.23. The van der Waals surface area contributed by atoms with E-state index in [0.717, 1.165) is 4.90 Å². The fourth-order valence-electron chi connectivity index (χ4n) is 4.59. The number of rotatable bonds is 11. The summed E-state index contributed by atoms with van der Waals surface area (Å²) in [6.45, 7) is 1.56. The first-order valence-electron chi connectivity index (χ1n) is 12.4. The lowest BCUT2D eigenvalue weighted by atomic mass is 10.1. The summed E-state index contributed by atoms with van der Waals surface area (Å²) in [5.41, 5.74) is 1.29. The number of imide groups is 1. The number of carboxylic acids is 1. The zero-order chi connectivity index (χ0) is 27.2. The standard InChI is InChI=1S/C27H29N3O7S/c1-2-37-27(36)19(11-7-8-14-29-24(33)17-9-3-4-10-18(17)25(29)34)28-20-16-38-22-13-6-5-12-21(22)30(26(20)35)15-23(31)32/h3-6,9-10,12-13,19-20,28H,2,7-8,11,14-16H2,1H3,(H,31,32)/t19-,20?/m1/s1. The lowest BCUT2D eigenvalue weighted by Crippen LogP contribution is -2.54. The summed E-state index contributed by atoms with van der Waals surface area (Å²) in [6, 6.07) is 12.1. The number of aliphatic carboxylic acids is 1. The Morgan fingerprint density at radius 2 is 1.68 bits per heavy atom. The van der Waals surface area contributed by atoms with Gasteiger partial charge >= 0.3 is 11.9 Å². The molecule has 2 aliphatic rings. The van der Waals surface area contributed by atoms with E-state index in [-0.39, 0.29) is 25.0 Å². The molecule has 0 fully saturated rings. The van der Waals surface area contributed by atoms with E-state index in [4.69, 9.17) is 4.74 Å². The molecule has 2 N–H and O–H groups in total. The number of ether oxygens (including phenoxy) is 1. The molecule has 2 atom stereocenters. The van der Waals surface area contributed by atoms with Crippen LogP contribution >= 0.6 is 11.8 Å². The lowest BCUT2D eigenvalue weighted by molar-refractivity contribution is -0.146. The van der Waals surface area contributed by atoms with Crippen LogP contribution in [0.15, 0.2) is 53.4 Å². The molecule has 2 aromatic carbocycles. The number of anilines is 1. The quantitative estimate of drug-likeness (QED) is 0.251. The fourth-order valence-corrected chi connectivity index (χ4v) is 5.67. The van der Waals surface area contributed by atoms with E-state index in [1.54, 1.807) is 43.3 Å². The van der Waals surface area contributed by atoms with Crippen LogP contribution in [0.25, 0.3) is 0 Å². The molecule has 0 bridgehead atoms. The molecule has 1 unspecified atom stereocenters. The van der Waals surface area contributed by atoms with Crippen LogP contribution in [0.1, 0.15) is 46.9 Å². The number of benzene rings is 2. The van der Waals surface area contributed by atoms with Crippen LogP contribution in [0, 0.1) is 0 Å². The largest absolute Gasteiger partial charge is 0.480 e. The van der Waals surface area contributed by atoms with Gasteiger partial charge in [-0.1, -0.05) is 24.3 Å². The molecule has 0 aromatic heterocycles. The molecule has 4 rings (SSSR count). The second kappa shape index (κ2) is 12.2. The summed E-state index contributed by atoms with van der Waals surface area (Å²) in [7, 11) is 0. The maximum atomic E-state index is 13.4. The van der Waals surface area contributed by atoms with Crippen molar-refractivity contribution < 1.29 is 33.8 Å². The number of nitrogens with zero attached hydrogens (tertiary/aromatic N) is 2. The van der Waals surface area contributed by atoms with Crippen LogP contribution in [0.5, 0.6) is 0 Å². The second-order valence-corrected chi connectivity index (χ2v) is 9.99. The van der Waals surface area contributed by atoms with Crippen molar-refractivity contribution in [3.63, 3.8) is 0 Å². The maximum Gasteiger partial charge on any atom is 0.323 e. The van der Waals surface area contributed by atoms with Crippen molar-refractivity contribution in [2.75, 3.05) is 30.3 Å². The fraction of sp³-hybridized carbons (Fsp3) is 0.370. The molecule has 0 spiro atoms. The number of fused-ring (bicyclic) bond motifs is 2. The molecule has 2 aromatic rings. The van der Waals surface area contributed by atoms with E-state index in [2.05, 4.69) is 5.32 Å². The number of amides is 3. The molecule has 2 heterocycles. The number of carboxylic acid groups (broad SMARTS) is 1. The first-order chi connectivity index (χ1) is 18.3. The van der Waals surface area contributed by atoms with Gasteiger partial charge in [0.15, 0.2) is 0 Å². The zero-order valence-corrected chi connectivity index (χ0v) is 21.7. The normalized spacial score (nSPS) is 17.6. The highest BCUT2D eigenvalue weighted by atomic mass is 32.2. The smallest absolute Gasteiger partial charge is 0.323 e. The van der Waals surface area contributed by atoms with Crippen molar-refractivity contribution in [3.05, 3.63) is 59.7 Å². The van der Waals surface area contributed by atoms with Crippen molar-refractivity contribution in [2.24, 2.45) is 0 Å². The minimum Gasteiger partial charge on any atom is -0.480 e. The highest BCUT2D eigenvalue weighted by Gasteiger charge is 2.36. The number of carbonyl (C=O) groups is 5. The second-order valence-electron chi connectivity index (χ2n) is 8.92. The molecule has 0 radical (unpaired) electrons. The summed E-state index contributed by atoms with van der Waals surface area (Å²) in [6.07, 6.45) is 1.26. The first kappa shape index (κ1) is 27.3. The minimum absolute atomic E-state index is 0.163. The Hall–Kier alpha value is -3.70. The molecular formula is C27H29N3O7S. The van der Waals surface area contributed by atoms with Crippen LogP contribution in [0.4, 0.5) is 5.69 Å². The van der Waals surface area contributed by atoms with Gasteiger partial charge in [-0.2, -0.15) is 0 Å².